The monoisotopic (exact) mass is 830 g/mol. The number of benzene rings is 2. The Labute approximate surface area is 331 Å². The van der Waals surface area contributed by atoms with Crippen LogP contribution in [0.3, 0.4) is 0 Å². The average Bonchev–Trinajstić information content (AvgIpc) is 3.38. The van der Waals surface area contributed by atoms with Crippen molar-refractivity contribution in [3.05, 3.63) is 94.3 Å². The average molecular weight is 832 g/mol. The molecular weight excluding hydrogens is 764 g/mol. The predicted octanol–water partition coefficient (Wildman–Crippen LogP) is 12.8. The summed E-state index contributed by atoms with van der Waals surface area (Å²) in [6.45, 7) is 25.6. The third-order valence-corrected chi connectivity index (χ3v) is 21.8. The number of hydrogen-bond donors (Lipinski definition) is 0. The normalized spacial score (nSPS) is 21.4. The molecule has 5 atom stereocenters. The molecule has 5 unspecified atom stereocenters. The number of halogens is 2. The van der Waals surface area contributed by atoms with Gasteiger partial charge < -0.3 is 18.3 Å². The number of aryl methyl sites for hydroxylation is 1. The van der Waals surface area contributed by atoms with Crippen molar-refractivity contribution in [2.24, 2.45) is 11.8 Å². The second-order valence-electron chi connectivity index (χ2n) is 18.1. The molecule has 0 saturated heterocycles. The van der Waals surface area contributed by atoms with E-state index >= 15 is 0 Å². The SMILES string of the molecule is COC(=O)CCC/C=C/CC1C(O[Si](C)(C)C(C)(C)C)CC(OCc2ccccc2Br)C1/C=C/C(C)(CCc1ccccc1F)O[Si](C)(C)C(C)(C)C. The van der Waals surface area contributed by atoms with E-state index in [1.807, 2.05) is 24.3 Å². The van der Waals surface area contributed by atoms with Crippen LogP contribution in [0.25, 0.3) is 0 Å². The Morgan fingerprint density at radius 3 is 2.11 bits per heavy atom. The van der Waals surface area contributed by atoms with Crippen molar-refractivity contribution in [2.45, 2.75) is 154 Å². The van der Waals surface area contributed by atoms with E-state index in [4.69, 9.17) is 18.3 Å². The number of rotatable bonds is 18. The van der Waals surface area contributed by atoms with Gasteiger partial charge in [-0.25, -0.2) is 4.39 Å². The maximum atomic E-state index is 14.9. The fourth-order valence-corrected chi connectivity index (χ4v) is 9.91. The Morgan fingerprint density at radius 2 is 1.51 bits per heavy atom. The molecule has 53 heavy (non-hydrogen) atoms. The molecule has 3 rings (SSSR count). The number of methoxy groups -OCH3 is 1. The molecular formula is C44H68BrFO5Si2. The zero-order valence-electron chi connectivity index (χ0n) is 34.7. The van der Waals surface area contributed by atoms with Crippen molar-refractivity contribution >= 4 is 38.5 Å². The van der Waals surface area contributed by atoms with Crippen LogP contribution >= 0.6 is 15.9 Å². The first-order chi connectivity index (χ1) is 24.6. The standard InChI is InChI=1S/C44H68BrFO5Si2/c1-42(2,3)52(9,10)50-40-31-39(49-32-34-22-17-19-24-37(34)45)36(35(40)23-15-13-14-16-26-41(47)48-8)28-30-44(7,51-53(11,12)43(4,5)6)29-27-33-21-18-20-25-38(33)46/h13,15,17-22,24-25,28,30,35-36,39-40H,14,16,23,26-27,29,31-32H2,1-12H3/b15-13+,30-28+. The lowest BCUT2D eigenvalue weighted by molar-refractivity contribution is -0.140. The Bertz CT molecular complexity index is 1530. The molecule has 9 heteroatoms. The molecule has 0 aromatic heterocycles. The maximum Gasteiger partial charge on any atom is 0.305 e. The lowest BCUT2D eigenvalue weighted by atomic mass is 9.87. The summed E-state index contributed by atoms with van der Waals surface area (Å²) in [5.41, 5.74) is 1.20. The first kappa shape index (κ1) is 45.5. The summed E-state index contributed by atoms with van der Waals surface area (Å²) in [6, 6.07) is 15.3. The van der Waals surface area contributed by atoms with Crippen molar-refractivity contribution in [1.29, 1.82) is 0 Å². The predicted molar refractivity (Wildman–Crippen MR) is 227 cm³/mol. The number of carbonyl (C=O) groups is 1. The summed E-state index contributed by atoms with van der Waals surface area (Å²) in [4.78, 5) is 11.7. The summed E-state index contributed by atoms with van der Waals surface area (Å²) >= 11 is 3.73. The molecule has 0 N–H and O–H groups in total. The Balaban J connectivity index is 2.06. The Hall–Kier alpha value is -1.89. The van der Waals surface area contributed by atoms with Crippen molar-refractivity contribution in [1.82, 2.24) is 0 Å². The van der Waals surface area contributed by atoms with Crippen LogP contribution < -0.4 is 0 Å². The van der Waals surface area contributed by atoms with E-state index in [1.165, 1.54) is 7.11 Å². The van der Waals surface area contributed by atoms with Crippen LogP contribution in [0, 0.1) is 17.7 Å². The molecule has 5 nitrogen and oxygen atoms in total. The molecule has 0 heterocycles. The molecule has 0 radical (unpaired) electrons. The van der Waals surface area contributed by atoms with Crippen molar-refractivity contribution in [3.63, 3.8) is 0 Å². The van der Waals surface area contributed by atoms with Gasteiger partial charge in [0.15, 0.2) is 16.6 Å². The lowest BCUT2D eigenvalue weighted by Crippen LogP contribution is -2.48. The van der Waals surface area contributed by atoms with Gasteiger partial charge in [-0.3, -0.25) is 4.79 Å². The molecule has 1 aliphatic carbocycles. The Kier molecular flexibility index (Phi) is 16.6. The third kappa shape index (κ3) is 13.4. The van der Waals surface area contributed by atoms with Gasteiger partial charge in [-0.15, -0.1) is 0 Å². The van der Waals surface area contributed by atoms with Crippen LogP contribution in [-0.4, -0.2) is 47.5 Å². The zero-order valence-corrected chi connectivity index (χ0v) is 38.3. The van der Waals surface area contributed by atoms with Gasteiger partial charge in [0.25, 0.3) is 0 Å². The van der Waals surface area contributed by atoms with E-state index in [0.29, 0.717) is 31.4 Å². The largest absolute Gasteiger partial charge is 0.469 e. The molecule has 2 aromatic carbocycles. The zero-order chi connectivity index (χ0) is 39.7. The number of carbonyl (C=O) groups excluding carboxylic acids is 1. The molecule has 0 amide bonds. The maximum absolute atomic E-state index is 14.9. The van der Waals surface area contributed by atoms with Gasteiger partial charge in [-0.1, -0.05) is 118 Å². The van der Waals surface area contributed by atoms with Crippen molar-refractivity contribution in [3.8, 4) is 0 Å². The van der Waals surface area contributed by atoms with Gasteiger partial charge in [0.05, 0.1) is 31.5 Å². The summed E-state index contributed by atoms with van der Waals surface area (Å²) in [5, 5.41) is 0.0637. The van der Waals surface area contributed by atoms with Crippen LogP contribution in [0.4, 0.5) is 4.39 Å². The highest BCUT2D eigenvalue weighted by atomic mass is 79.9. The second-order valence-corrected chi connectivity index (χ2v) is 28.5. The summed E-state index contributed by atoms with van der Waals surface area (Å²) < 4.78 is 42.2. The highest BCUT2D eigenvalue weighted by Gasteiger charge is 2.48. The van der Waals surface area contributed by atoms with Crippen LogP contribution in [0.2, 0.25) is 36.3 Å². The third-order valence-electron chi connectivity index (χ3n) is 11.9. The first-order valence-corrected chi connectivity index (χ1v) is 26.1. The number of unbranched alkanes of at least 4 members (excludes halogenated alkanes) is 1. The molecule has 2 aromatic rings. The summed E-state index contributed by atoms with van der Waals surface area (Å²) in [6.07, 6.45) is 13.9. The van der Waals surface area contributed by atoms with E-state index in [1.54, 1.807) is 12.1 Å². The number of hydrogen-bond acceptors (Lipinski definition) is 5. The molecule has 0 bridgehead atoms. The molecule has 0 aliphatic heterocycles. The van der Waals surface area contributed by atoms with Gasteiger partial charge in [-0.05, 0) is 111 Å². The smallest absolute Gasteiger partial charge is 0.305 e. The van der Waals surface area contributed by atoms with E-state index in [0.717, 1.165) is 35.7 Å². The van der Waals surface area contributed by atoms with Gasteiger partial charge >= 0.3 is 5.97 Å². The van der Waals surface area contributed by atoms with Crippen LogP contribution in [-0.2, 0) is 36.1 Å². The summed E-state index contributed by atoms with van der Waals surface area (Å²) in [7, 11) is -2.92. The topological polar surface area (TPSA) is 54.0 Å². The fraction of sp³-hybridized carbons (Fsp3) is 0.614. The highest BCUT2D eigenvalue weighted by molar-refractivity contribution is 9.10. The van der Waals surface area contributed by atoms with E-state index in [-0.39, 0.29) is 45.9 Å². The quantitative estimate of drug-likeness (QED) is 0.0648. The number of ether oxygens (including phenoxy) is 2. The van der Waals surface area contributed by atoms with Gasteiger partial charge in [0.1, 0.15) is 5.82 Å². The lowest BCUT2D eigenvalue weighted by Gasteiger charge is -2.43. The van der Waals surface area contributed by atoms with Crippen molar-refractivity contribution in [2.75, 3.05) is 7.11 Å². The summed E-state index contributed by atoms with van der Waals surface area (Å²) in [5.74, 6) is -0.121. The van der Waals surface area contributed by atoms with Crippen LogP contribution in [0.5, 0.6) is 0 Å². The fourth-order valence-electron chi connectivity index (χ4n) is 6.48. The second kappa shape index (κ2) is 19.3. The molecule has 1 fully saturated rings. The molecule has 1 aliphatic rings. The van der Waals surface area contributed by atoms with E-state index < -0.39 is 22.2 Å². The van der Waals surface area contributed by atoms with Crippen LogP contribution in [0.1, 0.15) is 98.1 Å². The minimum absolute atomic E-state index is 0.00543. The molecule has 1 saturated carbocycles. The van der Waals surface area contributed by atoms with E-state index in [2.05, 4.69) is 127 Å². The van der Waals surface area contributed by atoms with Crippen molar-refractivity contribution < 1.29 is 27.5 Å². The highest BCUT2D eigenvalue weighted by Crippen LogP contribution is 2.46. The molecule has 0 spiro atoms. The minimum atomic E-state index is -2.22. The van der Waals surface area contributed by atoms with Gasteiger partial charge in [0.2, 0.25) is 0 Å². The number of esters is 1. The first-order valence-electron chi connectivity index (χ1n) is 19.5. The molecule has 296 valence electrons. The number of allylic oxidation sites excluding steroid dienone is 2. The van der Waals surface area contributed by atoms with E-state index in [9.17, 15) is 9.18 Å². The van der Waals surface area contributed by atoms with Gasteiger partial charge in [0, 0.05) is 16.8 Å². The van der Waals surface area contributed by atoms with Crippen LogP contribution in [0.15, 0.2) is 77.3 Å². The minimum Gasteiger partial charge on any atom is -0.469 e. The van der Waals surface area contributed by atoms with Gasteiger partial charge in [-0.2, -0.15) is 0 Å². The Morgan fingerprint density at radius 1 is 0.887 bits per heavy atom.